The average molecular weight is 276 g/mol. The maximum absolute atomic E-state index is 12.8. The zero-order valence-corrected chi connectivity index (χ0v) is 11.5. The third-order valence-electron chi connectivity index (χ3n) is 3.70. The molecule has 0 bridgehead atoms. The molecule has 0 heterocycles. The van der Waals surface area contributed by atoms with Crippen molar-refractivity contribution >= 4 is 23.4 Å². The molecule has 0 spiro atoms. The lowest BCUT2D eigenvalue weighted by Gasteiger charge is -2.20. The maximum Gasteiger partial charge on any atom is 0.195 e. The van der Waals surface area contributed by atoms with E-state index in [2.05, 4.69) is 6.58 Å². The Morgan fingerprint density at radius 1 is 0.952 bits per heavy atom. The van der Waals surface area contributed by atoms with Crippen LogP contribution in [0.3, 0.4) is 0 Å². The molecule has 21 heavy (non-hydrogen) atoms. The van der Waals surface area contributed by atoms with Gasteiger partial charge in [0, 0.05) is 27.8 Å². The van der Waals surface area contributed by atoms with Crippen LogP contribution in [0.5, 0.6) is 0 Å². The number of rotatable bonds is 2. The van der Waals surface area contributed by atoms with E-state index in [-0.39, 0.29) is 28.5 Å². The van der Waals surface area contributed by atoms with Crippen LogP contribution < -0.4 is 0 Å². The van der Waals surface area contributed by atoms with Gasteiger partial charge in [0.05, 0.1) is 0 Å². The summed E-state index contributed by atoms with van der Waals surface area (Å²) in [7, 11) is 0. The first kappa shape index (κ1) is 13.2. The molecular weight excluding hydrogens is 264 g/mol. The van der Waals surface area contributed by atoms with Crippen molar-refractivity contribution in [3.63, 3.8) is 0 Å². The molecule has 0 fully saturated rings. The van der Waals surface area contributed by atoms with Gasteiger partial charge in [0.1, 0.15) is 0 Å². The molecule has 0 atom stereocenters. The quantitative estimate of drug-likeness (QED) is 0.675. The van der Waals surface area contributed by atoms with Crippen LogP contribution in [0.25, 0.3) is 6.08 Å². The molecule has 0 amide bonds. The number of Topliss-reactive ketones (excluding diaryl/α,β-unsaturated/α-hetero) is 1. The largest absolute Gasteiger partial charge is 0.294 e. The first-order chi connectivity index (χ1) is 10.1. The minimum atomic E-state index is -0.291. The monoisotopic (exact) mass is 276 g/mol. The fourth-order valence-electron chi connectivity index (χ4n) is 2.73. The molecule has 2 aromatic carbocycles. The van der Waals surface area contributed by atoms with Gasteiger partial charge in [0.2, 0.25) is 0 Å². The van der Waals surface area contributed by atoms with Crippen LogP contribution in [0.1, 0.15) is 54.7 Å². The van der Waals surface area contributed by atoms with Gasteiger partial charge in [-0.15, -0.1) is 0 Å². The molecule has 0 aromatic heterocycles. The van der Waals surface area contributed by atoms with Gasteiger partial charge < -0.3 is 0 Å². The molecule has 0 radical (unpaired) electrons. The molecule has 2 aromatic rings. The maximum atomic E-state index is 12.8. The van der Waals surface area contributed by atoms with E-state index in [0.717, 1.165) is 0 Å². The van der Waals surface area contributed by atoms with Crippen LogP contribution >= 0.6 is 0 Å². The summed E-state index contributed by atoms with van der Waals surface area (Å²) in [6.45, 7) is 5.07. The van der Waals surface area contributed by atoms with Gasteiger partial charge in [0.15, 0.2) is 17.3 Å². The number of hydrogen-bond donors (Lipinski definition) is 0. The van der Waals surface area contributed by atoms with E-state index >= 15 is 0 Å². The molecule has 0 saturated carbocycles. The fraction of sp³-hybridized carbons (Fsp3) is 0.0556. The summed E-state index contributed by atoms with van der Waals surface area (Å²) in [5, 5.41) is 0. The predicted octanol–water partition coefficient (Wildman–Crippen LogP) is 3.31. The highest BCUT2D eigenvalue weighted by Gasteiger charge is 2.33. The van der Waals surface area contributed by atoms with E-state index in [1.54, 1.807) is 42.5 Å². The summed E-state index contributed by atoms with van der Waals surface area (Å²) in [6.07, 6.45) is 1.55. The molecule has 3 nitrogen and oxygen atoms in total. The van der Waals surface area contributed by atoms with Gasteiger partial charge in [-0.3, -0.25) is 14.4 Å². The number of hydrogen-bond acceptors (Lipinski definition) is 3. The molecule has 0 unspecified atom stereocenters. The Kier molecular flexibility index (Phi) is 2.91. The Hall–Kier alpha value is -2.81. The molecule has 0 saturated heterocycles. The van der Waals surface area contributed by atoms with Gasteiger partial charge in [-0.05, 0) is 12.5 Å². The number of carbonyl (C=O) groups excluding carboxylic acids is 3. The molecule has 0 N–H and O–H groups in total. The number of ketones is 3. The van der Waals surface area contributed by atoms with Gasteiger partial charge >= 0.3 is 0 Å². The topological polar surface area (TPSA) is 51.2 Å². The highest BCUT2D eigenvalue weighted by molar-refractivity contribution is 6.31. The molecule has 3 rings (SSSR count). The van der Waals surface area contributed by atoms with Crippen LogP contribution in [0, 0.1) is 0 Å². The Labute approximate surface area is 121 Å². The lowest BCUT2D eigenvalue weighted by atomic mass is 9.79. The molecule has 102 valence electrons. The standard InChI is InChI=1S/C18H12O3/c1-3-11-6-4-8-13-15(11)18(21)16-12(10(2)19)7-5-9-14(16)17(13)20/h3-9H,1H2,2H3. The second kappa shape index (κ2) is 4.63. The van der Waals surface area contributed by atoms with Crippen LogP contribution in [0.2, 0.25) is 0 Å². The van der Waals surface area contributed by atoms with Crippen molar-refractivity contribution in [2.24, 2.45) is 0 Å². The summed E-state index contributed by atoms with van der Waals surface area (Å²) in [5.41, 5.74) is 2.09. The third-order valence-corrected chi connectivity index (χ3v) is 3.70. The lowest BCUT2D eigenvalue weighted by Crippen LogP contribution is -2.24. The van der Waals surface area contributed by atoms with E-state index in [9.17, 15) is 14.4 Å². The first-order valence-corrected chi connectivity index (χ1v) is 6.55. The summed E-state index contributed by atoms with van der Waals surface area (Å²) in [6, 6.07) is 9.88. The van der Waals surface area contributed by atoms with Crippen molar-refractivity contribution in [1.82, 2.24) is 0 Å². The highest BCUT2D eigenvalue weighted by Crippen LogP contribution is 2.32. The minimum absolute atomic E-state index is 0.205. The normalized spacial score (nSPS) is 12.6. The lowest BCUT2D eigenvalue weighted by molar-refractivity contribution is 0.0967. The van der Waals surface area contributed by atoms with Crippen molar-refractivity contribution < 1.29 is 14.4 Å². The number of carbonyl (C=O) groups is 3. The summed E-state index contributed by atoms with van der Waals surface area (Å²) in [4.78, 5) is 37.2. The predicted molar refractivity (Wildman–Crippen MR) is 79.8 cm³/mol. The Morgan fingerprint density at radius 3 is 2.19 bits per heavy atom. The van der Waals surface area contributed by atoms with Crippen LogP contribution in [-0.2, 0) is 0 Å². The Morgan fingerprint density at radius 2 is 1.57 bits per heavy atom. The molecule has 3 heteroatoms. The van der Waals surface area contributed by atoms with E-state index < -0.39 is 0 Å². The van der Waals surface area contributed by atoms with Gasteiger partial charge in [-0.1, -0.05) is 49.1 Å². The molecule has 1 aliphatic rings. The van der Waals surface area contributed by atoms with Crippen molar-refractivity contribution in [3.8, 4) is 0 Å². The van der Waals surface area contributed by atoms with Crippen LogP contribution in [0.15, 0.2) is 43.0 Å². The van der Waals surface area contributed by atoms with Crippen molar-refractivity contribution in [2.45, 2.75) is 6.92 Å². The smallest absolute Gasteiger partial charge is 0.195 e. The van der Waals surface area contributed by atoms with Crippen molar-refractivity contribution in [2.75, 3.05) is 0 Å². The minimum Gasteiger partial charge on any atom is -0.294 e. The van der Waals surface area contributed by atoms with E-state index in [4.69, 9.17) is 0 Å². The highest BCUT2D eigenvalue weighted by atomic mass is 16.1. The van der Waals surface area contributed by atoms with Crippen LogP contribution in [0.4, 0.5) is 0 Å². The first-order valence-electron chi connectivity index (χ1n) is 6.55. The summed E-state index contributed by atoms with van der Waals surface area (Å²) in [5.74, 6) is -0.750. The summed E-state index contributed by atoms with van der Waals surface area (Å²) < 4.78 is 0. The van der Waals surface area contributed by atoms with Crippen LogP contribution in [-0.4, -0.2) is 17.3 Å². The zero-order chi connectivity index (χ0) is 15.1. The van der Waals surface area contributed by atoms with Gasteiger partial charge in [0.25, 0.3) is 0 Å². The van der Waals surface area contributed by atoms with E-state index in [1.165, 1.54) is 6.92 Å². The molecule has 0 aliphatic heterocycles. The molecule has 1 aliphatic carbocycles. The Balaban J connectivity index is 2.39. The Bertz CT molecular complexity index is 828. The summed E-state index contributed by atoms with van der Waals surface area (Å²) >= 11 is 0. The zero-order valence-electron chi connectivity index (χ0n) is 11.5. The number of benzene rings is 2. The van der Waals surface area contributed by atoms with E-state index in [1.807, 2.05) is 0 Å². The van der Waals surface area contributed by atoms with Crippen molar-refractivity contribution in [1.29, 1.82) is 0 Å². The second-order valence-corrected chi connectivity index (χ2v) is 4.92. The van der Waals surface area contributed by atoms with E-state index in [0.29, 0.717) is 22.3 Å². The number of fused-ring (bicyclic) bond motifs is 2. The fourth-order valence-corrected chi connectivity index (χ4v) is 2.73. The average Bonchev–Trinajstić information content (AvgIpc) is 2.50. The van der Waals surface area contributed by atoms with Crippen molar-refractivity contribution in [3.05, 3.63) is 76.4 Å². The second-order valence-electron chi connectivity index (χ2n) is 4.92. The van der Waals surface area contributed by atoms with Gasteiger partial charge in [-0.2, -0.15) is 0 Å². The molecular formula is C18H12O3. The SMILES string of the molecule is C=Cc1cccc2c1C(=O)c1c(C(C)=O)cccc1C2=O. The third kappa shape index (κ3) is 1.78. The van der Waals surface area contributed by atoms with Gasteiger partial charge in [-0.25, -0.2) is 0 Å².